The summed E-state index contributed by atoms with van der Waals surface area (Å²) in [6.07, 6.45) is 6.46. The van der Waals surface area contributed by atoms with Gasteiger partial charge in [-0.1, -0.05) is 12.8 Å². The predicted octanol–water partition coefficient (Wildman–Crippen LogP) is 1.86. The lowest BCUT2D eigenvalue weighted by atomic mass is 9.66. The lowest BCUT2D eigenvalue weighted by Crippen LogP contribution is -3.16. The van der Waals surface area contributed by atoms with E-state index in [0.29, 0.717) is 13.1 Å². The Labute approximate surface area is 171 Å². The molecule has 156 valence electrons. The number of ether oxygens (including phenoxy) is 1. The molecule has 1 amide bonds. The number of benzene rings is 1. The number of fused-ring (bicyclic) bond motifs is 1. The zero-order valence-electron chi connectivity index (χ0n) is 17.0. The van der Waals surface area contributed by atoms with Crippen molar-refractivity contribution in [3.8, 4) is 5.75 Å². The standard InChI is InChI=1S/C23H30N2O4/c1-28-18-9-7-17(8-10-18)22-20-6-2-3-11-23(20,27)12-13-25(22)16-21(26)24-15-19-5-4-14-29-19/h4-5,7-10,14,20,22,27H,2-3,6,11-13,15-16H2,1H3,(H,24,26)/p+1/t20-,22+,23+/m0/s1. The summed E-state index contributed by atoms with van der Waals surface area (Å²) in [5.74, 6) is 1.75. The van der Waals surface area contributed by atoms with E-state index in [1.807, 2.05) is 24.3 Å². The molecule has 2 heterocycles. The molecule has 1 aliphatic carbocycles. The van der Waals surface area contributed by atoms with Crippen molar-refractivity contribution in [1.82, 2.24) is 5.32 Å². The average Bonchev–Trinajstić information content (AvgIpc) is 3.26. The van der Waals surface area contributed by atoms with Crippen molar-refractivity contribution < 1.29 is 24.0 Å². The van der Waals surface area contributed by atoms with E-state index in [4.69, 9.17) is 9.15 Å². The molecule has 3 N–H and O–H groups in total. The van der Waals surface area contributed by atoms with Gasteiger partial charge in [-0.25, -0.2) is 0 Å². The molecule has 2 aliphatic rings. The van der Waals surface area contributed by atoms with Crippen molar-refractivity contribution in [1.29, 1.82) is 0 Å². The maximum atomic E-state index is 12.7. The third-order valence-electron chi connectivity index (χ3n) is 6.69. The van der Waals surface area contributed by atoms with Gasteiger partial charge in [0.2, 0.25) is 0 Å². The zero-order valence-corrected chi connectivity index (χ0v) is 17.0. The number of methoxy groups -OCH3 is 1. The second-order valence-corrected chi connectivity index (χ2v) is 8.40. The fourth-order valence-corrected chi connectivity index (χ4v) is 5.20. The Hall–Kier alpha value is -2.31. The van der Waals surface area contributed by atoms with Crippen LogP contribution in [0, 0.1) is 5.92 Å². The molecule has 1 aromatic heterocycles. The van der Waals surface area contributed by atoms with E-state index in [1.54, 1.807) is 13.4 Å². The maximum Gasteiger partial charge on any atom is 0.275 e. The number of carbonyl (C=O) groups excluding carboxylic acids is 1. The number of nitrogens with one attached hydrogen (secondary N) is 2. The predicted molar refractivity (Wildman–Crippen MR) is 109 cm³/mol. The fourth-order valence-electron chi connectivity index (χ4n) is 5.20. The van der Waals surface area contributed by atoms with Gasteiger partial charge in [0.1, 0.15) is 17.6 Å². The van der Waals surface area contributed by atoms with Crippen LogP contribution in [0.3, 0.4) is 0 Å². The average molecular weight is 400 g/mol. The van der Waals surface area contributed by atoms with Gasteiger partial charge < -0.3 is 24.5 Å². The van der Waals surface area contributed by atoms with Gasteiger partial charge in [0.15, 0.2) is 6.54 Å². The molecule has 0 bridgehead atoms. The Kier molecular flexibility index (Phi) is 5.92. The van der Waals surface area contributed by atoms with Crippen LogP contribution in [0.15, 0.2) is 47.1 Å². The molecule has 1 unspecified atom stereocenters. The Balaban J connectivity index is 1.52. The van der Waals surface area contributed by atoms with Crippen molar-refractivity contribution in [2.24, 2.45) is 5.92 Å². The van der Waals surface area contributed by atoms with Gasteiger partial charge in [0.05, 0.1) is 32.1 Å². The molecule has 1 saturated carbocycles. The molecule has 0 radical (unpaired) electrons. The molecule has 0 spiro atoms. The number of likely N-dealkylation sites (tertiary alicyclic amines) is 1. The molecule has 6 heteroatoms. The summed E-state index contributed by atoms with van der Waals surface area (Å²) in [4.78, 5) is 13.9. The number of carbonyl (C=O) groups is 1. The van der Waals surface area contributed by atoms with Gasteiger partial charge in [-0.15, -0.1) is 0 Å². The van der Waals surface area contributed by atoms with Gasteiger partial charge >= 0.3 is 0 Å². The molecule has 1 aliphatic heterocycles. The maximum absolute atomic E-state index is 12.7. The summed E-state index contributed by atoms with van der Waals surface area (Å²) in [5, 5.41) is 14.3. The number of rotatable bonds is 6. The first-order valence-electron chi connectivity index (χ1n) is 10.6. The van der Waals surface area contributed by atoms with Crippen LogP contribution < -0.4 is 15.0 Å². The monoisotopic (exact) mass is 399 g/mol. The summed E-state index contributed by atoms with van der Waals surface area (Å²) >= 11 is 0. The van der Waals surface area contributed by atoms with E-state index < -0.39 is 5.60 Å². The second kappa shape index (κ2) is 8.59. The normalized spacial score (nSPS) is 29.1. The Morgan fingerprint density at radius 1 is 1.28 bits per heavy atom. The highest BCUT2D eigenvalue weighted by atomic mass is 16.5. The SMILES string of the molecule is COc1ccc([C@@H]2[C@@H]3CCCC[C@@]3(O)CC[NH+]2CC(=O)NCc2ccco2)cc1. The lowest BCUT2D eigenvalue weighted by Gasteiger charge is -2.50. The minimum atomic E-state index is -0.614. The highest BCUT2D eigenvalue weighted by molar-refractivity contribution is 5.76. The lowest BCUT2D eigenvalue weighted by molar-refractivity contribution is -0.937. The first kappa shape index (κ1) is 20.0. The summed E-state index contributed by atoms with van der Waals surface area (Å²) in [6.45, 7) is 1.58. The van der Waals surface area contributed by atoms with Crippen LogP contribution in [0.4, 0.5) is 0 Å². The molecular weight excluding hydrogens is 368 g/mol. The molecule has 2 fully saturated rings. The molecule has 29 heavy (non-hydrogen) atoms. The van der Waals surface area contributed by atoms with E-state index in [9.17, 15) is 9.90 Å². The van der Waals surface area contributed by atoms with Crippen molar-refractivity contribution in [2.75, 3.05) is 20.2 Å². The molecule has 2 aromatic rings. The van der Waals surface area contributed by atoms with Crippen LogP contribution in [-0.4, -0.2) is 36.8 Å². The first-order valence-corrected chi connectivity index (χ1v) is 10.6. The Bertz CT molecular complexity index is 805. The number of furan rings is 1. The number of aliphatic hydroxyl groups is 1. The summed E-state index contributed by atoms with van der Waals surface area (Å²) in [7, 11) is 1.66. The topological polar surface area (TPSA) is 76.1 Å². The van der Waals surface area contributed by atoms with Crippen LogP contribution in [0.1, 0.15) is 49.5 Å². The highest BCUT2D eigenvalue weighted by Crippen LogP contribution is 2.44. The number of piperidine rings is 1. The smallest absolute Gasteiger partial charge is 0.275 e. The van der Waals surface area contributed by atoms with Crippen LogP contribution >= 0.6 is 0 Å². The third-order valence-corrected chi connectivity index (χ3v) is 6.69. The van der Waals surface area contributed by atoms with Crippen molar-refractivity contribution in [3.05, 3.63) is 54.0 Å². The summed E-state index contributed by atoms with van der Waals surface area (Å²) < 4.78 is 10.6. The van der Waals surface area contributed by atoms with Gasteiger partial charge in [-0.2, -0.15) is 0 Å². The van der Waals surface area contributed by atoms with E-state index in [1.165, 1.54) is 10.5 Å². The van der Waals surface area contributed by atoms with Crippen molar-refractivity contribution in [2.45, 2.75) is 50.3 Å². The fraction of sp³-hybridized carbons (Fsp3) is 0.522. The molecule has 1 saturated heterocycles. The van der Waals surface area contributed by atoms with Gasteiger partial charge in [0, 0.05) is 17.9 Å². The zero-order chi connectivity index (χ0) is 20.3. The highest BCUT2D eigenvalue weighted by Gasteiger charge is 2.51. The molecule has 6 nitrogen and oxygen atoms in total. The minimum Gasteiger partial charge on any atom is -0.497 e. The van der Waals surface area contributed by atoms with Crippen LogP contribution in [0.5, 0.6) is 5.75 Å². The van der Waals surface area contributed by atoms with Gasteiger partial charge in [-0.05, 0) is 49.2 Å². The van der Waals surface area contributed by atoms with Crippen molar-refractivity contribution >= 4 is 5.91 Å². The van der Waals surface area contributed by atoms with Gasteiger partial charge in [-0.3, -0.25) is 4.79 Å². The summed E-state index contributed by atoms with van der Waals surface area (Å²) in [5.41, 5.74) is 0.557. The number of amides is 1. The van der Waals surface area contributed by atoms with E-state index in [2.05, 4.69) is 17.4 Å². The third kappa shape index (κ3) is 4.33. The molecule has 4 rings (SSSR count). The Morgan fingerprint density at radius 3 is 2.83 bits per heavy atom. The number of hydrogen-bond donors (Lipinski definition) is 3. The largest absolute Gasteiger partial charge is 0.497 e. The van der Waals surface area contributed by atoms with E-state index in [0.717, 1.165) is 50.2 Å². The number of hydrogen-bond acceptors (Lipinski definition) is 4. The van der Waals surface area contributed by atoms with Crippen molar-refractivity contribution in [3.63, 3.8) is 0 Å². The van der Waals surface area contributed by atoms with E-state index >= 15 is 0 Å². The molecular formula is C23H31N2O4+. The summed E-state index contributed by atoms with van der Waals surface area (Å²) in [6, 6.07) is 11.9. The van der Waals surface area contributed by atoms with Crippen LogP contribution in [0.2, 0.25) is 0 Å². The van der Waals surface area contributed by atoms with E-state index in [-0.39, 0.29) is 17.9 Å². The second-order valence-electron chi connectivity index (χ2n) is 8.40. The van der Waals surface area contributed by atoms with Gasteiger partial charge in [0.25, 0.3) is 5.91 Å². The Morgan fingerprint density at radius 2 is 2.10 bits per heavy atom. The van der Waals surface area contributed by atoms with Crippen LogP contribution in [0.25, 0.3) is 0 Å². The number of quaternary nitrogens is 1. The first-order chi connectivity index (χ1) is 14.1. The minimum absolute atomic E-state index is 0.0103. The molecule has 1 aromatic carbocycles. The quantitative estimate of drug-likeness (QED) is 0.693. The molecule has 4 atom stereocenters. The van der Waals surface area contributed by atoms with Crippen LogP contribution in [-0.2, 0) is 11.3 Å².